The van der Waals surface area contributed by atoms with Crippen molar-refractivity contribution in [3.05, 3.63) is 72.6 Å². The Morgan fingerprint density at radius 2 is 2.00 bits per heavy atom. The molecule has 0 saturated heterocycles. The van der Waals surface area contributed by atoms with Gasteiger partial charge < -0.3 is 15.0 Å². The molecule has 4 heterocycles. The molecule has 0 saturated carbocycles. The van der Waals surface area contributed by atoms with Crippen LogP contribution >= 0.6 is 0 Å². The number of carbonyl (C=O) groups excluding carboxylic acids is 1. The highest BCUT2D eigenvalue weighted by molar-refractivity contribution is 5.89. The molecule has 29 heavy (non-hydrogen) atoms. The summed E-state index contributed by atoms with van der Waals surface area (Å²) in [6, 6.07) is 12.9. The molecule has 0 atom stereocenters. The SMILES string of the molecule is C=CC(=O)N1Cc2nccc(-c3cc4cc(-c5ccccc5O)nnc4[nH]3)c2C1. The van der Waals surface area contributed by atoms with Crippen molar-refractivity contribution >= 4 is 16.9 Å². The van der Waals surface area contributed by atoms with E-state index in [4.69, 9.17) is 0 Å². The second-order valence-corrected chi connectivity index (χ2v) is 6.92. The number of nitrogens with one attached hydrogen (secondary N) is 1. The maximum Gasteiger partial charge on any atom is 0.246 e. The number of H-pyrrole nitrogens is 1. The molecule has 1 amide bonds. The number of amides is 1. The maximum absolute atomic E-state index is 12.0. The number of carbonyl (C=O) groups is 1. The standard InChI is InChI=1S/C22H17N5O2/c1-2-21(29)27-11-16-14(7-8-23-19(16)12-27)17-9-13-10-18(25-26-22(13)24-17)15-5-3-4-6-20(15)28/h2-10,28H,1,11-12H2,(H,24,26). The summed E-state index contributed by atoms with van der Waals surface area (Å²) >= 11 is 0. The number of aromatic hydroxyl groups is 1. The lowest BCUT2D eigenvalue weighted by Gasteiger charge is -2.11. The predicted molar refractivity (Wildman–Crippen MR) is 109 cm³/mol. The van der Waals surface area contributed by atoms with Crippen LogP contribution in [-0.4, -0.2) is 36.1 Å². The van der Waals surface area contributed by atoms with Gasteiger partial charge in [0.15, 0.2) is 5.65 Å². The number of pyridine rings is 1. The van der Waals surface area contributed by atoms with Crippen LogP contribution in [-0.2, 0) is 17.9 Å². The van der Waals surface area contributed by atoms with Gasteiger partial charge in [-0.2, -0.15) is 0 Å². The van der Waals surface area contributed by atoms with Crippen LogP contribution < -0.4 is 0 Å². The molecule has 4 aromatic rings. The van der Waals surface area contributed by atoms with Crippen molar-refractivity contribution in [2.75, 3.05) is 0 Å². The van der Waals surface area contributed by atoms with E-state index in [2.05, 4.69) is 26.7 Å². The van der Waals surface area contributed by atoms with Gasteiger partial charge in [-0.05, 0) is 36.4 Å². The van der Waals surface area contributed by atoms with Crippen LogP contribution in [0.1, 0.15) is 11.3 Å². The van der Waals surface area contributed by atoms with Crippen molar-refractivity contribution in [2.24, 2.45) is 0 Å². The molecule has 7 heteroatoms. The lowest BCUT2D eigenvalue weighted by Crippen LogP contribution is -2.22. The minimum absolute atomic E-state index is 0.108. The minimum Gasteiger partial charge on any atom is -0.507 e. The largest absolute Gasteiger partial charge is 0.507 e. The Morgan fingerprint density at radius 1 is 1.14 bits per heavy atom. The molecule has 2 N–H and O–H groups in total. The number of benzene rings is 1. The van der Waals surface area contributed by atoms with E-state index in [1.807, 2.05) is 24.3 Å². The second-order valence-electron chi connectivity index (χ2n) is 6.92. The molecule has 5 rings (SSSR count). The van der Waals surface area contributed by atoms with Crippen molar-refractivity contribution < 1.29 is 9.90 Å². The van der Waals surface area contributed by atoms with E-state index in [-0.39, 0.29) is 11.7 Å². The number of nitrogens with zero attached hydrogens (tertiary/aromatic N) is 4. The van der Waals surface area contributed by atoms with Gasteiger partial charge in [0.05, 0.1) is 17.9 Å². The van der Waals surface area contributed by atoms with Crippen molar-refractivity contribution in [1.29, 1.82) is 0 Å². The summed E-state index contributed by atoms with van der Waals surface area (Å²) in [6.07, 6.45) is 3.07. The number of para-hydroxylation sites is 1. The van der Waals surface area contributed by atoms with E-state index in [0.29, 0.717) is 30.0 Å². The summed E-state index contributed by atoms with van der Waals surface area (Å²) in [5.74, 6) is 0.0552. The molecule has 1 aromatic carbocycles. The predicted octanol–water partition coefficient (Wildman–Crippen LogP) is 3.42. The maximum atomic E-state index is 12.0. The van der Waals surface area contributed by atoms with E-state index >= 15 is 0 Å². The molecule has 0 bridgehead atoms. The Balaban J connectivity index is 1.56. The number of hydrogen-bond acceptors (Lipinski definition) is 5. The Labute approximate surface area is 166 Å². The van der Waals surface area contributed by atoms with Gasteiger partial charge in [0.1, 0.15) is 5.75 Å². The van der Waals surface area contributed by atoms with Gasteiger partial charge in [-0.25, -0.2) is 0 Å². The highest BCUT2D eigenvalue weighted by Gasteiger charge is 2.26. The van der Waals surface area contributed by atoms with E-state index in [0.717, 1.165) is 27.9 Å². The highest BCUT2D eigenvalue weighted by Crippen LogP contribution is 2.34. The Morgan fingerprint density at radius 3 is 2.83 bits per heavy atom. The number of aromatic nitrogens is 4. The van der Waals surface area contributed by atoms with Gasteiger partial charge in [-0.3, -0.25) is 9.78 Å². The van der Waals surface area contributed by atoms with Crippen molar-refractivity contribution in [2.45, 2.75) is 13.1 Å². The fourth-order valence-electron chi connectivity index (χ4n) is 3.71. The van der Waals surface area contributed by atoms with E-state index in [9.17, 15) is 9.90 Å². The highest BCUT2D eigenvalue weighted by atomic mass is 16.3. The van der Waals surface area contributed by atoms with E-state index in [1.165, 1.54) is 6.08 Å². The minimum atomic E-state index is -0.108. The summed E-state index contributed by atoms with van der Waals surface area (Å²) in [7, 11) is 0. The molecular weight excluding hydrogens is 366 g/mol. The molecule has 1 aliphatic heterocycles. The second kappa shape index (κ2) is 6.56. The first-order chi connectivity index (χ1) is 14.1. The lowest BCUT2D eigenvalue weighted by atomic mass is 10.1. The van der Waals surface area contributed by atoms with Crippen LogP contribution in [0.25, 0.3) is 33.5 Å². The van der Waals surface area contributed by atoms with Gasteiger partial charge in [-0.1, -0.05) is 18.7 Å². The molecule has 0 aliphatic carbocycles. The number of aromatic amines is 1. The smallest absolute Gasteiger partial charge is 0.246 e. The molecule has 0 radical (unpaired) electrons. The van der Waals surface area contributed by atoms with Crippen LogP contribution in [0.15, 0.2) is 61.3 Å². The zero-order chi connectivity index (χ0) is 20.0. The van der Waals surface area contributed by atoms with Gasteiger partial charge in [0, 0.05) is 40.5 Å². The molecule has 3 aromatic heterocycles. The first kappa shape index (κ1) is 17.1. The lowest BCUT2D eigenvalue weighted by molar-refractivity contribution is -0.126. The average molecular weight is 383 g/mol. The fraction of sp³-hybridized carbons (Fsp3) is 0.0909. The quantitative estimate of drug-likeness (QED) is 0.529. The normalized spacial score (nSPS) is 12.9. The summed E-state index contributed by atoms with van der Waals surface area (Å²) in [6.45, 7) is 4.54. The molecule has 0 spiro atoms. The fourth-order valence-corrected chi connectivity index (χ4v) is 3.71. The number of phenols is 1. The zero-order valence-electron chi connectivity index (χ0n) is 15.5. The first-order valence-corrected chi connectivity index (χ1v) is 9.17. The van der Waals surface area contributed by atoms with E-state index in [1.54, 1.807) is 29.3 Å². The van der Waals surface area contributed by atoms with Gasteiger partial charge in [0.2, 0.25) is 5.91 Å². The molecule has 142 valence electrons. The first-order valence-electron chi connectivity index (χ1n) is 9.17. The monoisotopic (exact) mass is 383 g/mol. The topological polar surface area (TPSA) is 95.0 Å². The van der Waals surface area contributed by atoms with Crippen LogP contribution in [0.2, 0.25) is 0 Å². The Kier molecular flexibility index (Phi) is 3.87. The third-order valence-electron chi connectivity index (χ3n) is 5.17. The Bertz CT molecular complexity index is 1280. The molecule has 1 aliphatic rings. The van der Waals surface area contributed by atoms with Gasteiger partial charge >= 0.3 is 0 Å². The van der Waals surface area contributed by atoms with Crippen LogP contribution in [0.5, 0.6) is 5.75 Å². The summed E-state index contributed by atoms with van der Waals surface area (Å²) in [4.78, 5) is 21.5. The molecule has 0 fully saturated rings. The number of fused-ring (bicyclic) bond motifs is 2. The van der Waals surface area contributed by atoms with Crippen molar-refractivity contribution in [3.63, 3.8) is 0 Å². The van der Waals surface area contributed by atoms with Gasteiger partial charge in [-0.15, -0.1) is 10.2 Å². The van der Waals surface area contributed by atoms with Crippen LogP contribution in [0.3, 0.4) is 0 Å². The Hall–Kier alpha value is -4.00. The average Bonchev–Trinajstić information content (AvgIpc) is 3.36. The molecule has 7 nitrogen and oxygen atoms in total. The summed E-state index contributed by atoms with van der Waals surface area (Å²) in [5, 5.41) is 19.5. The number of rotatable bonds is 3. The third kappa shape index (κ3) is 2.84. The van der Waals surface area contributed by atoms with Crippen LogP contribution in [0, 0.1) is 0 Å². The van der Waals surface area contributed by atoms with Crippen LogP contribution in [0.4, 0.5) is 0 Å². The van der Waals surface area contributed by atoms with Gasteiger partial charge in [0.25, 0.3) is 0 Å². The summed E-state index contributed by atoms with van der Waals surface area (Å²) in [5.41, 5.74) is 5.66. The third-order valence-corrected chi connectivity index (χ3v) is 5.17. The molecule has 0 unspecified atom stereocenters. The molecular formula is C22H17N5O2. The summed E-state index contributed by atoms with van der Waals surface area (Å²) < 4.78 is 0. The van der Waals surface area contributed by atoms with Crippen molar-refractivity contribution in [3.8, 4) is 28.3 Å². The number of hydrogen-bond donors (Lipinski definition) is 2. The van der Waals surface area contributed by atoms with E-state index < -0.39 is 0 Å². The zero-order valence-corrected chi connectivity index (χ0v) is 15.5. The van der Waals surface area contributed by atoms with Crippen molar-refractivity contribution in [1.82, 2.24) is 25.1 Å². The number of phenolic OH excluding ortho intramolecular Hbond substituents is 1.